The topological polar surface area (TPSA) is 62.7 Å². The Morgan fingerprint density at radius 1 is 1.11 bits per heavy atom. The van der Waals surface area contributed by atoms with Crippen LogP contribution >= 0.6 is 27.5 Å². The molecule has 94 valence electrons. The molecule has 0 saturated heterocycles. The van der Waals surface area contributed by atoms with Crippen LogP contribution in [0.4, 0.5) is 17.6 Å². The van der Waals surface area contributed by atoms with E-state index in [0.717, 1.165) is 15.7 Å². The van der Waals surface area contributed by atoms with Gasteiger partial charge in [-0.3, -0.25) is 0 Å². The summed E-state index contributed by atoms with van der Waals surface area (Å²) in [6.07, 6.45) is 0. The standard InChI is InChI=1S/C11H11BrClN5/c1-6-3-7(12)5-8(4-6)15-11-17-9(13)16-10(14-2)18-11/h3-5H,1-2H3,(H2,14,15,16,17,18). The first-order valence-corrected chi connectivity index (χ1v) is 6.37. The smallest absolute Gasteiger partial charge is 0.233 e. The molecular formula is C11H11BrClN5. The Kier molecular flexibility index (Phi) is 3.98. The van der Waals surface area contributed by atoms with E-state index in [-0.39, 0.29) is 5.28 Å². The van der Waals surface area contributed by atoms with Crippen molar-refractivity contribution in [3.05, 3.63) is 33.5 Å². The average Bonchev–Trinajstić information content (AvgIpc) is 2.26. The van der Waals surface area contributed by atoms with Gasteiger partial charge < -0.3 is 10.6 Å². The van der Waals surface area contributed by atoms with Crippen LogP contribution in [0.3, 0.4) is 0 Å². The SMILES string of the molecule is CNc1nc(Cl)nc(Nc2cc(C)cc(Br)c2)n1. The largest absolute Gasteiger partial charge is 0.357 e. The molecule has 0 aliphatic heterocycles. The fraction of sp³-hybridized carbons (Fsp3) is 0.182. The monoisotopic (exact) mass is 327 g/mol. The minimum absolute atomic E-state index is 0.142. The number of aryl methyl sites for hydroxylation is 1. The van der Waals surface area contributed by atoms with Crippen molar-refractivity contribution in [2.45, 2.75) is 6.92 Å². The van der Waals surface area contributed by atoms with Gasteiger partial charge >= 0.3 is 0 Å². The van der Waals surface area contributed by atoms with Gasteiger partial charge in [0.25, 0.3) is 0 Å². The van der Waals surface area contributed by atoms with Crippen LogP contribution in [0.25, 0.3) is 0 Å². The summed E-state index contributed by atoms with van der Waals surface area (Å²) in [7, 11) is 1.72. The number of nitrogens with zero attached hydrogens (tertiary/aromatic N) is 3. The average molecular weight is 329 g/mol. The van der Waals surface area contributed by atoms with Crippen LogP contribution in [-0.2, 0) is 0 Å². The van der Waals surface area contributed by atoms with Crippen LogP contribution in [0.15, 0.2) is 22.7 Å². The molecule has 2 aromatic rings. The van der Waals surface area contributed by atoms with E-state index in [2.05, 4.69) is 41.5 Å². The van der Waals surface area contributed by atoms with Gasteiger partial charge in [0.15, 0.2) is 0 Å². The molecule has 1 aromatic carbocycles. The highest BCUT2D eigenvalue weighted by molar-refractivity contribution is 9.10. The molecule has 0 spiro atoms. The van der Waals surface area contributed by atoms with Gasteiger partial charge in [0.2, 0.25) is 17.2 Å². The lowest BCUT2D eigenvalue weighted by Gasteiger charge is -2.07. The van der Waals surface area contributed by atoms with Crippen molar-refractivity contribution >= 4 is 45.1 Å². The molecule has 0 aliphatic carbocycles. The Morgan fingerprint density at radius 3 is 2.50 bits per heavy atom. The highest BCUT2D eigenvalue weighted by atomic mass is 79.9. The van der Waals surface area contributed by atoms with E-state index in [1.807, 2.05) is 25.1 Å². The summed E-state index contributed by atoms with van der Waals surface area (Å²) in [6.45, 7) is 2.01. The molecule has 0 aliphatic rings. The van der Waals surface area contributed by atoms with Crippen molar-refractivity contribution in [1.82, 2.24) is 15.0 Å². The molecule has 0 amide bonds. The molecule has 0 saturated carbocycles. The van der Waals surface area contributed by atoms with Crippen LogP contribution in [0.5, 0.6) is 0 Å². The second-order valence-electron chi connectivity index (χ2n) is 3.64. The molecule has 5 nitrogen and oxygen atoms in total. The Hall–Kier alpha value is -1.40. The second kappa shape index (κ2) is 5.49. The second-order valence-corrected chi connectivity index (χ2v) is 4.90. The van der Waals surface area contributed by atoms with Crippen LogP contribution in [-0.4, -0.2) is 22.0 Å². The summed E-state index contributed by atoms with van der Waals surface area (Å²) in [5, 5.41) is 6.05. The van der Waals surface area contributed by atoms with E-state index in [9.17, 15) is 0 Å². The van der Waals surface area contributed by atoms with Gasteiger partial charge in [-0.15, -0.1) is 0 Å². The van der Waals surface area contributed by atoms with Crippen molar-refractivity contribution in [2.24, 2.45) is 0 Å². The number of rotatable bonds is 3. The maximum absolute atomic E-state index is 5.81. The van der Waals surface area contributed by atoms with Crippen molar-refractivity contribution in [1.29, 1.82) is 0 Å². The Labute approximate surface area is 118 Å². The zero-order valence-electron chi connectivity index (χ0n) is 9.83. The van der Waals surface area contributed by atoms with Gasteiger partial charge in [-0.25, -0.2) is 0 Å². The Bertz CT molecular complexity index is 555. The zero-order chi connectivity index (χ0) is 13.1. The number of halogens is 2. The number of nitrogens with one attached hydrogen (secondary N) is 2. The Morgan fingerprint density at radius 2 is 1.83 bits per heavy atom. The number of anilines is 3. The molecular weight excluding hydrogens is 318 g/mol. The fourth-order valence-electron chi connectivity index (χ4n) is 1.46. The molecule has 1 aromatic heterocycles. The van der Waals surface area contributed by atoms with Crippen LogP contribution in [0, 0.1) is 6.92 Å². The molecule has 7 heteroatoms. The third-order valence-electron chi connectivity index (χ3n) is 2.13. The molecule has 0 unspecified atom stereocenters. The number of aromatic nitrogens is 3. The number of hydrogen-bond acceptors (Lipinski definition) is 5. The molecule has 1 heterocycles. The molecule has 0 bridgehead atoms. The van der Waals surface area contributed by atoms with Crippen LogP contribution in [0.1, 0.15) is 5.56 Å². The van der Waals surface area contributed by atoms with Crippen molar-refractivity contribution in [3.8, 4) is 0 Å². The maximum Gasteiger partial charge on any atom is 0.233 e. The first-order chi connectivity index (χ1) is 8.56. The first kappa shape index (κ1) is 13.0. The minimum Gasteiger partial charge on any atom is -0.357 e. The summed E-state index contributed by atoms with van der Waals surface area (Å²) >= 11 is 9.24. The maximum atomic E-state index is 5.81. The zero-order valence-corrected chi connectivity index (χ0v) is 12.2. The molecule has 2 rings (SSSR count). The third-order valence-corrected chi connectivity index (χ3v) is 2.76. The lowest BCUT2D eigenvalue weighted by Crippen LogP contribution is -2.03. The van der Waals surface area contributed by atoms with E-state index < -0.39 is 0 Å². The molecule has 0 radical (unpaired) electrons. The number of benzene rings is 1. The lowest BCUT2D eigenvalue weighted by atomic mass is 10.2. The van der Waals surface area contributed by atoms with E-state index in [0.29, 0.717) is 11.9 Å². The summed E-state index contributed by atoms with van der Waals surface area (Å²) in [5.41, 5.74) is 2.01. The van der Waals surface area contributed by atoms with Gasteiger partial charge in [-0.2, -0.15) is 15.0 Å². The van der Waals surface area contributed by atoms with Crippen molar-refractivity contribution in [3.63, 3.8) is 0 Å². The first-order valence-electron chi connectivity index (χ1n) is 5.20. The fourth-order valence-corrected chi connectivity index (χ4v) is 2.22. The summed E-state index contributed by atoms with van der Waals surface area (Å²) in [6, 6.07) is 5.94. The van der Waals surface area contributed by atoms with Crippen molar-refractivity contribution in [2.75, 3.05) is 17.7 Å². The van der Waals surface area contributed by atoms with E-state index in [4.69, 9.17) is 11.6 Å². The van der Waals surface area contributed by atoms with Gasteiger partial charge in [0.1, 0.15) is 0 Å². The van der Waals surface area contributed by atoms with E-state index in [1.165, 1.54) is 0 Å². The normalized spacial score (nSPS) is 10.2. The van der Waals surface area contributed by atoms with Crippen LogP contribution < -0.4 is 10.6 Å². The lowest BCUT2D eigenvalue weighted by molar-refractivity contribution is 1.05. The summed E-state index contributed by atoms with van der Waals surface area (Å²) < 4.78 is 0.985. The van der Waals surface area contributed by atoms with Gasteiger partial charge in [0, 0.05) is 17.2 Å². The van der Waals surface area contributed by atoms with Crippen LogP contribution in [0.2, 0.25) is 5.28 Å². The molecule has 0 atom stereocenters. The molecule has 18 heavy (non-hydrogen) atoms. The van der Waals surface area contributed by atoms with E-state index >= 15 is 0 Å². The van der Waals surface area contributed by atoms with Gasteiger partial charge in [-0.1, -0.05) is 15.9 Å². The quantitative estimate of drug-likeness (QED) is 0.904. The number of hydrogen-bond donors (Lipinski definition) is 2. The summed E-state index contributed by atoms with van der Waals surface area (Å²) in [4.78, 5) is 12.1. The summed E-state index contributed by atoms with van der Waals surface area (Å²) in [5.74, 6) is 0.820. The van der Waals surface area contributed by atoms with E-state index in [1.54, 1.807) is 7.05 Å². The highest BCUT2D eigenvalue weighted by Gasteiger charge is 2.04. The van der Waals surface area contributed by atoms with Crippen molar-refractivity contribution < 1.29 is 0 Å². The highest BCUT2D eigenvalue weighted by Crippen LogP contribution is 2.22. The molecule has 2 N–H and O–H groups in total. The minimum atomic E-state index is 0.142. The molecule has 0 fully saturated rings. The Balaban J connectivity index is 2.30. The third kappa shape index (κ3) is 3.30. The predicted octanol–water partition coefficient (Wildman–Crippen LogP) is 3.38. The van der Waals surface area contributed by atoms with Gasteiger partial charge in [-0.05, 0) is 42.3 Å². The predicted molar refractivity (Wildman–Crippen MR) is 76.5 cm³/mol. The van der Waals surface area contributed by atoms with Gasteiger partial charge in [0.05, 0.1) is 0 Å².